The molecule has 6 heteroatoms. The van der Waals surface area contributed by atoms with Gasteiger partial charge in [0.1, 0.15) is 5.52 Å². The number of nitrogens with zero attached hydrogens (tertiary/aromatic N) is 2. The average molecular weight is 396 g/mol. The molecule has 0 unspecified atom stereocenters. The minimum Gasteiger partial charge on any atom is -0.322 e. The molecule has 0 saturated heterocycles. The Kier molecular flexibility index (Phi) is 5.22. The number of rotatable bonds is 4. The van der Waals surface area contributed by atoms with Crippen molar-refractivity contribution in [2.45, 2.75) is 13.8 Å². The third kappa shape index (κ3) is 4.03. The van der Waals surface area contributed by atoms with Gasteiger partial charge in [-0.25, -0.2) is 0 Å². The zero-order valence-electron chi connectivity index (χ0n) is 16.6. The Morgan fingerprint density at radius 3 is 2.43 bits per heavy atom. The fourth-order valence-corrected chi connectivity index (χ4v) is 3.19. The molecule has 0 atom stereocenters. The van der Waals surface area contributed by atoms with Gasteiger partial charge in [-0.15, -0.1) is 0 Å². The molecule has 3 aromatic carbocycles. The van der Waals surface area contributed by atoms with Crippen LogP contribution in [0.2, 0.25) is 0 Å². The van der Waals surface area contributed by atoms with Crippen LogP contribution in [0, 0.1) is 13.8 Å². The van der Waals surface area contributed by atoms with Crippen molar-refractivity contribution in [1.29, 1.82) is 0 Å². The lowest BCUT2D eigenvalue weighted by Gasteiger charge is -2.12. The van der Waals surface area contributed by atoms with E-state index in [0.717, 1.165) is 11.1 Å². The topological polar surface area (TPSA) is 84.0 Å². The summed E-state index contributed by atoms with van der Waals surface area (Å²) in [6.45, 7) is 3.84. The van der Waals surface area contributed by atoms with Crippen LogP contribution in [0.5, 0.6) is 0 Å². The number of amides is 2. The number of para-hydroxylation sites is 1. The van der Waals surface area contributed by atoms with E-state index in [9.17, 15) is 9.59 Å². The fourth-order valence-electron chi connectivity index (χ4n) is 3.19. The van der Waals surface area contributed by atoms with Crippen LogP contribution in [0.15, 0.2) is 73.1 Å². The minimum absolute atomic E-state index is 0.199. The first-order valence-corrected chi connectivity index (χ1v) is 9.51. The van der Waals surface area contributed by atoms with Crippen molar-refractivity contribution in [1.82, 2.24) is 9.97 Å². The Morgan fingerprint density at radius 2 is 1.60 bits per heavy atom. The number of nitrogens with one attached hydrogen (secondary N) is 2. The van der Waals surface area contributed by atoms with Gasteiger partial charge in [0.15, 0.2) is 0 Å². The van der Waals surface area contributed by atoms with Crippen molar-refractivity contribution in [3.05, 3.63) is 95.3 Å². The molecule has 0 aliphatic carbocycles. The molecule has 6 nitrogen and oxygen atoms in total. The van der Waals surface area contributed by atoms with Gasteiger partial charge in [0.05, 0.1) is 11.1 Å². The lowest BCUT2D eigenvalue weighted by atomic mass is 10.1. The van der Waals surface area contributed by atoms with Crippen LogP contribution >= 0.6 is 0 Å². The molecule has 0 spiro atoms. The molecule has 0 radical (unpaired) electrons. The van der Waals surface area contributed by atoms with Gasteiger partial charge >= 0.3 is 0 Å². The van der Waals surface area contributed by atoms with Crippen molar-refractivity contribution in [2.24, 2.45) is 0 Å². The number of anilines is 2. The van der Waals surface area contributed by atoms with Gasteiger partial charge in [-0.3, -0.25) is 19.6 Å². The fraction of sp³-hybridized carbons (Fsp3) is 0.0833. The van der Waals surface area contributed by atoms with E-state index >= 15 is 0 Å². The molecule has 1 aromatic heterocycles. The quantitative estimate of drug-likeness (QED) is 0.521. The van der Waals surface area contributed by atoms with Crippen molar-refractivity contribution in [2.75, 3.05) is 10.6 Å². The summed E-state index contributed by atoms with van der Waals surface area (Å²) in [5, 5.41) is 5.81. The number of carbonyl (C=O) groups is 2. The molecule has 0 aliphatic rings. The van der Waals surface area contributed by atoms with Crippen LogP contribution in [0.3, 0.4) is 0 Å². The van der Waals surface area contributed by atoms with Crippen LogP contribution in [-0.4, -0.2) is 21.8 Å². The monoisotopic (exact) mass is 396 g/mol. The van der Waals surface area contributed by atoms with Gasteiger partial charge in [0.2, 0.25) is 0 Å². The summed E-state index contributed by atoms with van der Waals surface area (Å²) in [6.07, 6.45) is 3.15. The molecule has 1 heterocycles. The highest BCUT2D eigenvalue weighted by Gasteiger charge is 2.13. The van der Waals surface area contributed by atoms with E-state index in [1.807, 2.05) is 44.2 Å². The maximum absolute atomic E-state index is 12.8. The summed E-state index contributed by atoms with van der Waals surface area (Å²) in [7, 11) is 0. The SMILES string of the molecule is Cc1cccc(C(=O)Nc2cc(NC(=O)c3cccc4nccnc34)ccc2C)c1. The highest BCUT2D eigenvalue weighted by atomic mass is 16.2. The Morgan fingerprint density at radius 1 is 0.800 bits per heavy atom. The number of hydrogen-bond acceptors (Lipinski definition) is 4. The summed E-state index contributed by atoms with van der Waals surface area (Å²) < 4.78 is 0. The van der Waals surface area contributed by atoms with Gasteiger partial charge in [0.25, 0.3) is 11.8 Å². The van der Waals surface area contributed by atoms with Crippen LogP contribution in [-0.2, 0) is 0 Å². The second kappa shape index (κ2) is 8.13. The number of hydrogen-bond donors (Lipinski definition) is 2. The maximum Gasteiger partial charge on any atom is 0.257 e. The van der Waals surface area contributed by atoms with Crippen LogP contribution in [0.4, 0.5) is 11.4 Å². The second-order valence-corrected chi connectivity index (χ2v) is 7.04. The van der Waals surface area contributed by atoms with Crippen molar-refractivity contribution in [3.8, 4) is 0 Å². The van der Waals surface area contributed by atoms with Gasteiger partial charge in [-0.2, -0.15) is 0 Å². The first-order chi connectivity index (χ1) is 14.5. The Balaban J connectivity index is 1.57. The predicted octanol–water partition coefficient (Wildman–Crippen LogP) is 4.75. The van der Waals surface area contributed by atoms with E-state index < -0.39 is 0 Å². The molecule has 2 amide bonds. The van der Waals surface area contributed by atoms with E-state index in [1.54, 1.807) is 42.7 Å². The molecule has 30 heavy (non-hydrogen) atoms. The molecule has 0 aliphatic heterocycles. The smallest absolute Gasteiger partial charge is 0.257 e. The standard InChI is InChI=1S/C24H20N4O2/c1-15-5-3-6-17(13-15)23(29)28-21-14-18(10-9-16(21)2)27-24(30)19-7-4-8-20-22(19)26-12-11-25-20/h3-14H,1-2H3,(H,27,30)(H,28,29). The average Bonchev–Trinajstić information content (AvgIpc) is 2.75. The predicted molar refractivity (Wildman–Crippen MR) is 118 cm³/mol. The van der Waals surface area contributed by atoms with Crippen molar-refractivity contribution in [3.63, 3.8) is 0 Å². The molecule has 0 fully saturated rings. The third-order valence-electron chi connectivity index (χ3n) is 4.77. The third-order valence-corrected chi connectivity index (χ3v) is 4.77. The van der Waals surface area contributed by atoms with Gasteiger partial charge in [0, 0.05) is 29.3 Å². The van der Waals surface area contributed by atoms with E-state index in [-0.39, 0.29) is 11.8 Å². The highest BCUT2D eigenvalue weighted by molar-refractivity contribution is 6.11. The molecular weight excluding hydrogens is 376 g/mol. The number of benzene rings is 3. The van der Waals surface area contributed by atoms with Crippen molar-refractivity contribution >= 4 is 34.2 Å². The maximum atomic E-state index is 12.8. The number of aromatic nitrogens is 2. The first kappa shape index (κ1) is 19.3. The summed E-state index contributed by atoms with van der Waals surface area (Å²) in [4.78, 5) is 34.0. The molecule has 0 saturated carbocycles. The summed E-state index contributed by atoms with van der Waals surface area (Å²) >= 11 is 0. The van der Waals surface area contributed by atoms with Gasteiger partial charge < -0.3 is 10.6 Å². The Hall–Kier alpha value is -4.06. The number of aryl methyl sites for hydroxylation is 2. The van der Waals surface area contributed by atoms with Crippen molar-refractivity contribution < 1.29 is 9.59 Å². The largest absolute Gasteiger partial charge is 0.322 e. The lowest BCUT2D eigenvalue weighted by molar-refractivity contribution is 0.102. The zero-order chi connectivity index (χ0) is 21.1. The van der Waals surface area contributed by atoms with Gasteiger partial charge in [-0.1, -0.05) is 29.8 Å². The number of carbonyl (C=O) groups excluding carboxylic acids is 2. The summed E-state index contributed by atoms with van der Waals surface area (Å²) in [5.74, 6) is -0.490. The van der Waals surface area contributed by atoms with Crippen LogP contribution < -0.4 is 10.6 Å². The highest BCUT2D eigenvalue weighted by Crippen LogP contribution is 2.23. The lowest BCUT2D eigenvalue weighted by Crippen LogP contribution is -2.15. The van der Waals surface area contributed by atoms with E-state index in [4.69, 9.17) is 0 Å². The van der Waals surface area contributed by atoms with Gasteiger partial charge in [-0.05, 0) is 55.8 Å². The number of fused-ring (bicyclic) bond motifs is 1. The van der Waals surface area contributed by atoms with E-state index in [0.29, 0.717) is 33.5 Å². The second-order valence-electron chi connectivity index (χ2n) is 7.04. The molecule has 0 bridgehead atoms. The first-order valence-electron chi connectivity index (χ1n) is 9.51. The zero-order valence-corrected chi connectivity index (χ0v) is 16.6. The molecule has 4 rings (SSSR count). The molecular formula is C24H20N4O2. The Labute approximate surface area is 174 Å². The van der Waals surface area contributed by atoms with E-state index in [2.05, 4.69) is 20.6 Å². The normalized spacial score (nSPS) is 10.6. The summed E-state index contributed by atoms with van der Waals surface area (Å²) in [5.41, 5.74) is 5.33. The molecule has 148 valence electrons. The molecule has 2 N–H and O–H groups in total. The minimum atomic E-state index is -0.291. The summed E-state index contributed by atoms with van der Waals surface area (Å²) in [6, 6.07) is 18.1. The Bertz CT molecular complexity index is 1260. The van der Waals surface area contributed by atoms with Crippen LogP contribution in [0.1, 0.15) is 31.8 Å². The van der Waals surface area contributed by atoms with Crippen LogP contribution in [0.25, 0.3) is 11.0 Å². The van der Waals surface area contributed by atoms with E-state index in [1.165, 1.54) is 0 Å². The molecule has 4 aromatic rings.